The number of pyridine rings is 1. The van der Waals surface area contributed by atoms with Crippen LogP contribution in [0.2, 0.25) is 0 Å². The molecule has 0 radical (unpaired) electrons. The third-order valence-electron chi connectivity index (χ3n) is 2.68. The average Bonchev–Trinajstić information content (AvgIpc) is 2.96. The first-order valence-corrected chi connectivity index (χ1v) is 6.12. The summed E-state index contributed by atoms with van der Waals surface area (Å²) in [5, 5.41) is 6.31. The van der Waals surface area contributed by atoms with Crippen LogP contribution in [0, 0.1) is 6.92 Å². The zero-order valence-corrected chi connectivity index (χ0v) is 10.2. The molecular weight excluding hydrogens is 258 g/mol. The number of nitrogens with zero attached hydrogens (tertiary/aromatic N) is 2. The normalized spacial score (nSPS) is 11.6. The Bertz CT molecular complexity index is 705. The van der Waals surface area contributed by atoms with Gasteiger partial charge in [0.15, 0.2) is 0 Å². The van der Waals surface area contributed by atoms with Gasteiger partial charge >= 0.3 is 0 Å². The van der Waals surface area contributed by atoms with Crippen molar-refractivity contribution >= 4 is 22.4 Å². The maximum Gasteiger partial charge on any atom is 0.272 e. The van der Waals surface area contributed by atoms with E-state index >= 15 is 0 Å². The van der Waals surface area contributed by atoms with E-state index in [2.05, 4.69) is 10.1 Å². The lowest BCUT2D eigenvalue weighted by Gasteiger charge is -1.96. The molecule has 0 amide bonds. The Balaban J connectivity index is 2.09. The molecule has 0 saturated carbocycles. The predicted molar refractivity (Wildman–Crippen MR) is 64.8 cm³/mol. The fourth-order valence-corrected chi connectivity index (χ4v) is 2.49. The number of fused-ring (bicyclic) bond motifs is 1. The quantitative estimate of drug-likeness (QED) is 0.697. The van der Waals surface area contributed by atoms with E-state index in [0.29, 0.717) is 5.71 Å². The van der Waals surface area contributed by atoms with Crippen LogP contribution in [0.1, 0.15) is 17.0 Å². The fourth-order valence-electron chi connectivity index (χ4n) is 1.72. The van der Waals surface area contributed by atoms with E-state index in [1.54, 1.807) is 11.6 Å². The van der Waals surface area contributed by atoms with E-state index in [1.807, 2.05) is 13.0 Å². The van der Waals surface area contributed by atoms with Gasteiger partial charge in [0.05, 0.1) is 16.0 Å². The third kappa shape index (κ3) is 1.78. The molecule has 0 aliphatic rings. The number of alkyl halides is 2. The van der Waals surface area contributed by atoms with Crippen molar-refractivity contribution in [1.29, 1.82) is 0 Å². The monoisotopic (exact) mass is 266 g/mol. The second kappa shape index (κ2) is 4.13. The molecule has 0 fully saturated rings. The second-order valence-electron chi connectivity index (χ2n) is 3.88. The highest BCUT2D eigenvalue weighted by molar-refractivity contribution is 7.10. The predicted octanol–water partition coefficient (Wildman–Crippen LogP) is 4.20. The van der Waals surface area contributed by atoms with E-state index in [4.69, 9.17) is 4.52 Å². The summed E-state index contributed by atoms with van der Waals surface area (Å²) in [6.45, 7) is 1.81. The van der Waals surface area contributed by atoms with Gasteiger partial charge in [0, 0.05) is 11.8 Å². The van der Waals surface area contributed by atoms with Crippen molar-refractivity contribution in [3.05, 3.63) is 34.3 Å². The first-order valence-electron chi connectivity index (χ1n) is 5.24. The highest BCUT2D eigenvalue weighted by Crippen LogP contribution is 2.32. The molecule has 0 N–H and O–H groups in total. The van der Waals surface area contributed by atoms with E-state index in [0.717, 1.165) is 33.5 Å². The molecule has 0 aliphatic carbocycles. The summed E-state index contributed by atoms with van der Waals surface area (Å²) in [5.74, 6) is 0. The van der Waals surface area contributed by atoms with Crippen LogP contribution in [0.15, 0.2) is 28.2 Å². The molecule has 3 nitrogen and oxygen atoms in total. The van der Waals surface area contributed by atoms with Crippen LogP contribution in [0.25, 0.3) is 22.2 Å². The van der Waals surface area contributed by atoms with Gasteiger partial charge in [-0.15, -0.1) is 11.3 Å². The van der Waals surface area contributed by atoms with Crippen LogP contribution in [-0.4, -0.2) is 10.1 Å². The Morgan fingerprint density at radius 3 is 2.83 bits per heavy atom. The smallest absolute Gasteiger partial charge is 0.272 e. The van der Waals surface area contributed by atoms with Gasteiger partial charge in [-0.25, -0.2) is 13.8 Å². The zero-order chi connectivity index (χ0) is 12.7. The minimum Gasteiger partial charge on any atom is -0.336 e. The largest absolute Gasteiger partial charge is 0.336 e. The van der Waals surface area contributed by atoms with Crippen molar-refractivity contribution in [2.75, 3.05) is 0 Å². The zero-order valence-electron chi connectivity index (χ0n) is 9.35. The minimum atomic E-state index is -2.43. The van der Waals surface area contributed by atoms with Gasteiger partial charge in [-0.05, 0) is 30.0 Å². The number of aryl methyl sites for hydroxylation is 1. The Labute approximate surface area is 105 Å². The second-order valence-corrected chi connectivity index (χ2v) is 4.83. The molecule has 3 rings (SSSR count). The van der Waals surface area contributed by atoms with Gasteiger partial charge in [-0.3, -0.25) is 0 Å². The first-order chi connectivity index (χ1) is 8.65. The van der Waals surface area contributed by atoms with Gasteiger partial charge in [-0.1, -0.05) is 5.16 Å². The summed E-state index contributed by atoms with van der Waals surface area (Å²) in [7, 11) is 0. The summed E-state index contributed by atoms with van der Waals surface area (Å²) in [4.78, 5) is 4.18. The van der Waals surface area contributed by atoms with Crippen LogP contribution in [0.3, 0.4) is 0 Å². The molecule has 0 unspecified atom stereocenters. The molecule has 92 valence electrons. The van der Waals surface area contributed by atoms with Gasteiger partial charge in [0.1, 0.15) is 0 Å². The lowest BCUT2D eigenvalue weighted by Crippen LogP contribution is -1.80. The Hall–Kier alpha value is -1.82. The number of rotatable bonds is 2. The highest BCUT2D eigenvalue weighted by atomic mass is 32.1. The molecule has 0 aromatic carbocycles. The van der Waals surface area contributed by atoms with Crippen molar-refractivity contribution in [2.45, 2.75) is 13.3 Å². The van der Waals surface area contributed by atoms with Gasteiger partial charge in [0.2, 0.25) is 0 Å². The molecule has 0 saturated heterocycles. The van der Waals surface area contributed by atoms with Gasteiger partial charge in [-0.2, -0.15) is 0 Å². The van der Waals surface area contributed by atoms with Crippen LogP contribution in [0.4, 0.5) is 8.78 Å². The first kappa shape index (κ1) is 11.3. The fraction of sp³-hybridized carbons (Fsp3) is 0.167. The standard InChI is InChI=1S/C12H8F2N2OS/c1-6-9-2-7(4-15-12(9)17-16-6)8-3-10(11(13)14)18-5-8/h2-5,11H,1H3. The Kier molecular flexibility index (Phi) is 2.59. The van der Waals surface area contributed by atoms with Crippen LogP contribution >= 0.6 is 11.3 Å². The number of hydrogen-bond donors (Lipinski definition) is 0. The molecule has 0 spiro atoms. The number of hydrogen-bond acceptors (Lipinski definition) is 4. The van der Waals surface area contributed by atoms with Crippen molar-refractivity contribution in [1.82, 2.24) is 10.1 Å². The summed E-state index contributed by atoms with van der Waals surface area (Å²) in [5.41, 5.74) is 2.73. The van der Waals surface area contributed by atoms with Crippen molar-refractivity contribution in [3.63, 3.8) is 0 Å². The van der Waals surface area contributed by atoms with Gasteiger partial charge < -0.3 is 4.52 Å². The van der Waals surface area contributed by atoms with Crippen molar-refractivity contribution in [3.8, 4) is 11.1 Å². The third-order valence-corrected chi connectivity index (χ3v) is 3.62. The van der Waals surface area contributed by atoms with Crippen molar-refractivity contribution < 1.29 is 13.3 Å². The van der Waals surface area contributed by atoms with Crippen LogP contribution in [0.5, 0.6) is 0 Å². The van der Waals surface area contributed by atoms with Crippen molar-refractivity contribution in [2.24, 2.45) is 0 Å². The number of thiophene rings is 1. The summed E-state index contributed by atoms with van der Waals surface area (Å²) in [6, 6.07) is 3.34. The molecule has 6 heteroatoms. The molecule has 3 aromatic heterocycles. The molecule has 0 atom stereocenters. The number of aromatic nitrogens is 2. The van der Waals surface area contributed by atoms with Crippen LogP contribution in [-0.2, 0) is 0 Å². The molecule has 18 heavy (non-hydrogen) atoms. The lowest BCUT2D eigenvalue weighted by molar-refractivity contribution is 0.155. The maximum absolute atomic E-state index is 12.5. The molecular formula is C12H8F2N2OS. The van der Waals surface area contributed by atoms with E-state index in [1.165, 1.54) is 6.07 Å². The van der Waals surface area contributed by atoms with E-state index < -0.39 is 6.43 Å². The average molecular weight is 266 g/mol. The summed E-state index contributed by atoms with van der Waals surface area (Å²) < 4.78 is 30.1. The topological polar surface area (TPSA) is 38.9 Å². The Morgan fingerprint density at radius 1 is 1.28 bits per heavy atom. The van der Waals surface area contributed by atoms with E-state index in [-0.39, 0.29) is 4.88 Å². The minimum absolute atomic E-state index is 0.0622. The summed E-state index contributed by atoms with van der Waals surface area (Å²) >= 11 is 1.05. The SMILES string of the molecule is Cc1noc2ncc(-c3csc(C(F)F)c3)cc12. The van der Waals surface area contributed by atoms with E-state index in [9.17, 15) is 8.78 Å². The van der Waals surface area contributed by atoms with Gasteiger partial charge in [0.25, 0.3) is 12.1 Å². The molecule has 0 aliphatic heterocycles. The summed E-state index contributed by atoms with van der Waals surface area (Å²) in [6.07, 6.45) is -0.831. The molecule has 3 heterocycles. The Morgan fingerprint density at radius 2 is 2.11 bits per heavy atom. The molecule has 0 bridgehead atoms. The number of halogens is 2. The van der Waals surface area contributed by atoms with Crippen LogP contribution < -0.4 is 0 Å². The highest BCUT2D eigenvalue weighted by Gasteiger charge is 2.13. The molecule has 3 aromatic rings. The lowest BCUT2D eigenvalue weighted by atomic mass is 10.1. The maximum atomic E-state index is 12.5.